The Kier molecular flexibility index (Phi) is 5.05. The van der Waals surface area contributed by atoms with Crippen LogP contribution in [-0.2, 0) is 4.74 Å². The van der Waals surface area contributed by atoms with Crippen LogP contribution >= 0.6 is 0 Å². The van der Waals surface area contributed by atoms with Crippen molar-refractivity contribution < 1.29 is 23.7 Å². The summed E-state index contributed by atoms with van der Waals surface area (Å²) in [6, 6.07) is 3.38. The lowest BCUT2D eigenvalue weighted by Crippen LogP contribution is -2.08. The highest BCUT2D eigenvalue weighted by atomic mass is 16.5. The van der Waals surface area contributed by atoms with Crippen LogP contribution in [0.3, 0.4) is 0 Å². The summed E-state index contributed by atoms with van der Waals surface area (Å²) >= 11 is 0. The Morgan fingerprint density at radius 2 is 1.70 bits per heavy atom. The minimum Gasteiger partial charge on any atom is -0.494 e. The first-order valence-corrected chi connectivity index (χ1v) is 6.97. The van der Waals surface area contributed by atoms with Gasteiger partial charge in [-0.05, 0) is 13.8 Å². The minimum atomic E-state index is -0.518. The molecule has 0 radical (unpaired) electrons. The maximum Gasteiger partial charge on any atom is 0.360 e. The number of rotatable bonds is 6. The molecule has 0 amide bonds. The SMILES string of the molecule is CCOC(=O)c1nnn(-c2cc(OC)c(OC)cc2OC)c1C. The quantitative estimate of drug-likeness (QED) is 0.750. The second kappa shape index (κ2) is 6.99. The maximum atomic E-state index is 11.9. The molecule has 1 heterocycles. The second-order valence-corrected chi connectivity index (χ2v) is 4.53. The van der Waals surface area contributed by atoms with Gasteiger partial charge in [-0.25, -0.2) is 9.48 Å². The molecule has 0 aliphatic heterocycles. The molecule has 2 aromatic rings. The number of benzene rings is 1. The van der Waals surface area contributed by atoms with E-state index in [0.717, 1.165) is 0 Å². The Labute approximate surface area is 133 Å². The zero-order valence-electron chi connectivity index (χ0n) is 13.7. The monoisotopic (exact) mass is 321 g/mol. The Hall–Kier alpha value is -2.77. The molecule has 23 heavy (non-hydrogen) atoms. The third kappa shape index (κ3) is 3.05. The summed E-state index contributed by atoms with van der Waals surface area (Å²) in [7, 11) is 4.60. The molecule has 0 fully saturated rings. The molecule has 1 aromatic heterocycles. The summed E-state index contributed by atoms with van der Waals surface area (Å²) in [5.41, 5.74) is 1.27. The molecule has 0 atom stereocenters. The molecule has 0 unspecified atom stereocenters. The van der Waals surface area contributed by atoms with Gasteiger partial charge in [-0.1, -0.05) is 5.21 Å². The van der Waals surface area contributed by atoms with Gasteiger partial charge in [-0.3, -0.25) is 0 Å². The number of aromatic nitrogens is 3. The average Bonchev–Trinajstić information content (AvgIpc) is 2.95. The van der Waals surface area contributed by atoms with E-state index in [1.165, 1.54) is 26.0 Å². The smallest absolute Gasteiger partial charge is 0.360 e. The van der Waals surface area contributed by atoms with E-state index in [1.54, 1.807) is 26.0 Å². The molecule has 0 aliphatic carbocycles. The molecular formula is C15H19N3O5. The largest absolute Gasteiger partial charge is 0.494 e. The van der Waals surface area contributed by atoms with Crippen molar-refractivity contribution >= 4 is 5.97 Å². The van der Waals surface area contributed by atoms with E-state index in [0.29, 0.717) is 28.6 Å². The van der Waals surface area contributed by atoms with Crippen LogP contribution in [0.4, 0.5) is 0 Å². The van der Waals surface area contributed by atoms with Crippen LogP contribution in [0.5, 0.6) is 17.2 Å². The second-order valence-electron chi connectivity index (χ2n) is 4.53. The molecule has 124 valence electrons. The highest BCUT2D eigenvalue weighted by molar-refractivity contribution is 5.88. The standard InChI is InChI=1S/C15H19N3O5/c1-6-23-15(19)14-9(2)18(17-16-14)10-7-12(21-4)13(22-5)8-11(10)20-3/h7-8H,6H2,1-5H3. The molecule has 0 spiro atoms. The van der Waals surface area contributed by atoms with Gasteiger partial charge >= 0.3 is 5.97 Å². The molecule has 0 N–H and O–H groups in total. The molecule has 8 heteroatoms. The minimum absolute atomic E-state index is 0.156. The molecule has 0 bridgehead atoms. The number of carbonyl (C=O) groups excluding carboxylic acids is 1. The van der Waals surface area contributed by atoms with E-state index >= 15 is 0 Å². The van der Waals surface area contributed by atoms with E-state index < -0.39 is 5.97 Å². The van der Waals surface area contributed by atoms with Crippen molar-refractivity contribution in [1.29, 1.82) is 0 Å². The number of ether oxygens (including phenoxy) is 4. The third-order valence-electron chi connectivity index (χ3n) is 3.28. The number of nitrogens with zero attached hydrogens (tertiary/aromatic N) is 3. The number of hydrogen-bond acceptors (Lipinski definition) is 7. The van der Waals surface area contributed by atoms with Crippen LogP contribution in [0.15, 0.2) is 12.1 Å². The molecule has 8 nitrogen and oxygen atoms in total. The summed E-state index contributed by atoms with van der Waals surface area (Å²) in [5.74, 6) is 1.02. The summed E-state index contributed by atoms with van der Waals surface area (Å²) in [5, 5.41) is 7.91. The van der Waals surface area contributed by atoms with Crippen LogP contribution in [0.25, 0.3) is 5.69 Å². The summed E-state index contributed by atoms with van der Waals surface area (Å²) in [6.07, 6.45) is 0. The van der Waals surface area contributed by atoms with E-state index in [-0.39, 0.29) is 12.3 Å². The van der Waals surface area contributed by atoms with Gasteiger partial charge in [0.1, 0.15) is 11.4 Å². The summed E-state index contributed by atoms with van der Waals surface area (Å²) < 4.78 is 22.4. The summed E-state index contributed by atoms with van der Waals surface area (Å²) in [4.78, 5) is 11.9. The van der Waals surface area contributed by atoms with E-state index in [2.05, 4.69) is 10.3 Å². The predicted octanol–water partition coefficient (Wildman–Crippen LogP) is 1.78. The molecule has 0 saturated carbocycles. The van der Waals surface area contributed by atoms with E-state index in [4.69, 9.17) is 18.9 Å². The van der Waals surface area contributed by atoms with E-state index in [9.17, 15) is 4.79 Å². The van der Waals surface area contributed by atoms with Gasteiger partial charge < -0.3 is 18.9 Å². The van der Waals surface area contributed by atoms with Gasteiger partial charge in [0.15, 0.2) is 17.2 Å². The Balaban J connectivity index is 2.56. The van der Waals surface area contributed by atoms with Gasteiger partial charge in [0.2, 0.25) is 0 Å². The van der Waals surface area contributed by atoms with Crippen LogP contribution < -0.4 is 14.2 Å². The number of methoxy groups -OCH3 is 3. The molecule has 0 aliphatic rings. The zero-order chi connectivity index (χ0) is 17.0. The molecule has 2 rings (SSSR count). The molecular weight excluding hydrogens is 302 g/mol. The average molecular weight is 321 g/mol. The van der Waals surface area contributed by atoms with Crippen molar-refractivity contribution in [2.45, 2.75) is 13.8 Å². The van der Waals surface area contributed by atoms with Crippen molar-refractivity contribution in [2.75, 3.05) is 27.9 Å². The highest BCUT2D eigenvalue weighted by Crippen LogP contribution is 2.36. The van der Waals surface area contributed by atoms with Gasteiger partial charge in [0.05, 0.1) is 33.6 Å². The zero-order valence-corrected chi connectivity index (χ0v) is 13.7. The fourth-order valence-corrected chi connectivity index (χ4v) is 2.12. The van der Waals surface area contributed by atoms with Crippen LogP contribution in [0.1, 0.15) is 23.1 Å². The van der Waals surface area contributed by atoms with Crippen LogP contribution in [0, 0.1) is 6.92 Å². The Morgan fingerprint density at radius 1 is 1.09 bits per heavy atom. The van der Waals surface area contributed by atoms with E-state index in [1.807, 2.05) is 0 Å². The van der Waals surface area contributed by atoms with Crippen molar-refractivity contribution in [1.82, 2.24) is 15.0 Å². The van der Waals surface area contributed by atoms with Crippen molar-refractivity contribution in [2.24, 2.45) is 0 Å². The first-order valence-electron chi connectivity index (χ1n) is 6.97. The van der Waals surface area contributed by atoms with Crippen molar-refractivity contribution in [3.63, 3.8) is 0 Å². The fourth-order valence-electron chi connectivity index (χ4n) is 2.12. The van der Waals surface area contributed by atoms with Gasteiger partial charge in [-0.2, -0.15) is 0 Å². The molecule has 0 saturated heterocycles. The lowest BCUT2D eigenvalue weighted by Gasteiger charge is -2.14. The van der Waals surface area contributed by atoms with Gasteiger partial charge in [0.25, 0.3) is 0 Å². The summed E-state index contributed by atoms with van der Waals surface area (Å²) in [6.45, 7) is 3.72. The lowest BCUT2D eigenvalue weighted by molar-refractivity contribution is 0.0518. The normalized spacial score (nSPS) is 10.3. The molecule has 1 aromatic carbocycles. The van der Waals surface area contributed by atoms with Gasteiger partial charge in [0, 0.05) is 12.1 Å². The predicted molar refractivity (Wildman–Crippen MR) is 81.7 cm³/mol. The van der Waals surface area contributed by atoms with Crippen molar-refractivity contribution in [3.8, 4) is 22.9 Å². The Bertz CT molecular complexity index is 711. The Morgan fingerprint density at radius 3 is 2.26 bits per heavy atom. The lowest BCUT2D eigenvalue weighted by atomic mass is 10.2. The fraction of sp³-hybridized carbons (Fsp3) is 0.400. The first-order chi connectivity index (χ1) is 11.1. The number of hydrogen-bond donors (Lipinski definition) is 0. The number of carbonyl (C=O) groups is 1. The highest BCUT2D eigenvalue weighted by Gasteiger charge is 2.21. The number of esters is 1. The topological polar surface area (TPSA) is 84.7 Å². The van der Waals surface area contributed by atoms with Crippen LogP contribution in [-0.4, -0.2) is 48.9 Å². The third-order valence-corrected chi connectivity index (χ3v) is 3.28. The van der Waals surface area contributed by atoms with Crippen molar-refractivity contribution in [3.05, 3.63) is 23.5 Å². The van der Waals surface area contributed by atoms with Gasteiger partial charge in [-0.15, -0.1) is 5.10 Å². The van der Waals surface area contributed by atoms with Crippen LogP contribution in [0.2, 0.25) is 0 Å². The first kappa shape index (κ1) is 16.6. The maximum absolute atomic E-state index is 11.9.